The van der Waals surface area contributed by atoms with Gasteiger partial charge >= 0.3 is 0 Å². The normalized spacial score (nSPS) is 10.0. The van der Waals surface area contributed by atoms with Gasteiger partial charge < -0.3 is 4.74 Å². The maximum absolute atomic E-state index is 5.43. The van der Waals surface area contributed by atoms with Gasteiger partial charge in [-0.05, 0) is 28.1 Å². The van der Waals surface area contributed by atoms with Crippen LogP contribution in [-0.2, 0) is 4.84 Å². The van der Waals surface area contributed by atoms with Crippen molar-refractivity contribution >= 4 is 15.9 Å². The average molecular weight is 246 g/mol. The van der Waals surface area contributed by atoms with E-state index in [-0.39, 0.29) is 0 Å². The highest BCUT2D eigenvalue weighted by Crippen LogP contribution is 2.23. The molecule has 1 aromatic rings. The van der Waals surface area contributed by atoms with Gasteiger partial charge in [-0.1, -0.05) is 12.1 Å². The summed E-state index contributed by atoms with van der Waals surface area (Å²) in [5.41, 5.74) is 2.58. The Hall–Kier alpha value is -0.580. The third-order valence-electron chi connectivity index (χ3n) is 1.42. The van der Waals surface area contributed by atoms with Crippen LogP contribution in [0.3, 0.4) is 0 Å². The average Bonchev–Trinajstić information content (AvgIpc) is 2.15. The summed E-state index contributed by atoms with van der Waals surface area (Å²) in [6.45, 7) is 1.06. The van der Waals surface area contributed by atoms with Gasteiger partial charge in [0.05, 0.1) is 4.47 Å². The number of nitrogens with one attached hydrogen (secondary N) is 1. The van der Waals surface area contributed by atoms with Gasteiger partial charge in [0.25, 0.3) is 0 Å². The molecule has 0 saturated carbocycles. The maximum atomic E-state index is 5.43. The number of rotatable bonds is 5. The minimum absolute atomic E-state index is 0.526. The summed E-state index contributed by atoms with van der Waals surface area (Å²) in [7, 11) is 1.72. The van der Waals surface area contributed by atoms with E-state index >= 15 is 0 Å². The monoisotopic (exact) mass is 245 g/mol. The molecule has 0 spiro atoms. The molecular formula is C9H12BrNO2. The zero-order valence-corrected chi connectivity index (χ0v) is 9.00. The zero-order chi connectivity index (χ0) is 9.52. The molecule has 0 aromatic heterocycles. The van der Waals surface area contributed by atoms with E-state index in [4.69, 9.17) is 9.57 Å². The second kappa shape index (κ2) is 5.96. The van der Waals surface area contributed by atoms with E-state index in [1.807, 2.05) is 24.3 Å². The van der Waals surface area contributed by atoms with Crippen molar-refractivity contribution in [2.75, 3.05) is 20.3 Å². The first-order chi connectivity index (χ1) is 6.34. The van der Waals surface area contributed by atoms with Gasteiger partial charge in [0, 0.05) is 7.05 Å². The quantitative estimate of drug-likeness (QED) is 0.636. The Morgan fingerprint density at radius 2 is 2.08 bits per heavy atom. The number of hydroxylamine groups is 1. The fourth-order valence-electron chi connectivity index (χ4n) is 0.857. The van der Waals surface area contributed by atoms with E-state index in [1.54, 1.807) is 7.05 Å². The number of para-hydroxylation sites is 1. The highest BCUT2D eigenvalue weighted by molar-refractivity contribution is 9.10. The van der Waals surface area contributed by atoms with Crippen molar-refractivity contribution in [1.29, 1.82) is 0 Å². The number of ether oxygens (including phenoxy) is 1. The van der Waals surface area contributed by atoms with Crippen LogP contribution in [-0.4, -0.2) is 20.3 Å². The van der Waals surface area contributed by atoms with E-state index in [0.717, 1.165) is 10.2 Å². The molecule has 0 unspecified atom stereocenters. The smallest absolute Gasteiger partial charge is 0.133 e. The van der Waals surface area contributed by atoms with E-state index in [2.05, 4.69) is 21.4 Å². The number of hydrogen-bond acceptors (Lipinski definition) is 3. The first-order valence-electron chi connectivity index (χ1n) is 4.00. The van der Waals surface area contributed by atoms with E-state index in [9.17, 15) is 0 Å². The molecule has 3 nitrogen and oxygen atoms in total. The molecule has 4 heteroatoms. The van der Waals surface area contributed by atoms with Gasteiger partial charge in [-0.2, -0.15) is 0 Å². The molecule has 1 N–H and O–H groups in total. The second-order valence-electron chi connectivity index (χ2n) is 2.33. The largest absolute Gasteiger partial charge is 0.490 e. The van der Waals surface area contributed by atoms with Gasteiger partial charge in [-0.3, -0.25) is 4.84 Å². The summed E-state index contributed by atoms with van der Waals surface area (Å²) in [5, 5.41) is 0. The highest BCUT2D eigenvalue weighted by Gasteiger charge is 1.97. The van der Waals surface area contributed by atoms with Crippen molar-refractivity contribution in [2.24, 2.45) is 0 Å². The van der Waals surface area contributed by atoms with Crippen LogP contribution < -0.4 is 10.2 Å². The van der Waals surface area contributed by atoms with Crippen molar-refractivity contribution in [3.8, 4) is 5.75 Å². The molecule has 0 bridgehead atoms. The predicted octanol–water partition coefficient (Wildman–Crippen LogP) is 1.98. The molecule has 0 radical (unpaired) electrons. The van der Waals surface area contributed by atoms with Crippen LogP contribution in [0.15, 0.2) is 28.7 Å². The fourth-order valence-corrected chi connectivity index (χ4v) is 1.26. The summed E-state index contributed by atoms with van der Waals surface area (Å²) < 4.78 is 6.38. The molecule has 0 heterocycles. The number of benzene rings is 1. The molecular weight excluding hydrogens is 234 g/mol. The van der Waals surface area contributed by atoms with Crippen molar-refractivity contribution in [1.82, 2.24) is 5.48 Å². The molecule has 72 valence electrons. The Bertz CT molecular complexity index is 255. The first-order valence-corrected chi connectivity index (χ1v) is 4.79. The van der Waals surface area contributed by atoms with E-state index in [0.29, 0.717) is 13.2 Å². The molecule has 1 aromatic carbocycles. The lowest BCUT2D eigenvalue weighted by atomic mass is 10.3. The maximum Gasteiger partial charge on any atom is 0.133 e. The molecule has 0 atom stereocenters. The molecule has 0 aliphatic carbocycles. The Labute approximate surface area is 86.1 Å². The first kappa shape index (κ1) is 10.5. The summed E-state index contributed by atoms with van der Waals surface area (Å²) in [4.78, 5) is 4.90. The lowest BCUT2D eigenvalue weighted by Gasteiger charge is -2.07. The van der Waals surface area contributed by atoms with Crippen LogP contribution >= 0.6 is 15.9 Å². The Kier molecular flexibility index (Phi) is 4.82. The number of halogens is 1. The lowest BCUT2D eigenvalue weighted by molar-refractivity contribution is 0.0366. The highest BCUT2D eigenvalue weighted by atomic mass is 79.9. The van der Waals surface area contributed by atoms with Gasteiger partial charge in [-0.25, -0.2) is 5.48 Å². The summed E-state index contributed by atoms with van der Waals surface area (Å²) >= 11 is 3.38. The topological polar surface area (TPSA) is 30.5 Å². The molecule has 0 aliphatic rings. The SMILES string of the molecule is CNOCCOc1ccccc1Br. The molecule has 0 saturated heterocycles. The van der Waals surface area contributed by atoms with Gasteiger partial charge in [0.1, 0.15) is 19.0 Å². The van der Waals surface area contributed by atoms with Gasteiger partial charge in [0.2, 0.25) is 0 Å². The summed E-state index contributed by atoms with van der Waals surface area (Å²) in [6.07, 6.45) is 0. The van der Waals surface area contributed by atoms with Crippen molar-refractivity contribution in [2.45, 2.75) is 0 Å². The van der Waals surface area contributed by atoms with Gasteiger partial charge in [0.15, 0.2) is 0 Å². The minimum Gasteiger partial charge on any atom is -0.490 e. The third kappa shape index (κ3) is 3.76. The van der Waals surface area contributed by atoms with E-state index < -0.39 is 0 Å². The van der Waals surface area contributed by atoms with Crippen molar-refractivity contribution in [3.05, 3.63) is 28.7 Å². The molecule has 0 aliphatic heterocycles. The van der Waals surface area contributed by atoms with Crippen LogP contribution in [0.1, 0.15) is 0 Å². The van der Waals surface area contributed by atoms with Crippen molar-refractivity contribution in [3.63, 3.8) is 0 Å². The van der Waals surface area contributed by atoms with Crippen LogP contribution in [0.2, 0.25) is 0 Å². The minimum atomic E-state index is 0.526. The molecule has 0 fully saturated rings. The lowest BCUT2D eigenvalue weighted by Crippen LogP contribution is -2.14. The van der Waals surface area contributed by atoms with E-state index in [1.165, 1.54) is 0 Å². The number of hydrogen-bond donors (Lipinski definition) is 1. The standard InChI is InChI=1S/C9H12BrNO2/c1-11-13-7-6-12-9-5-3-2-4-8(9)10/h2-5,11H,6-7H2,1H3. The van der Waals surface area contributed by atoms with Crippen LogP contribution in [0.5, 0.6) is 5.75 Å². The van der Waals surface area contributed by atoms with Crippen LogP contribution in [0, 0.1) is 0 Å². The van der Waals surface area contributed by atoms with Crippen LogP contribution in [0.4, 0.5) is 0 Å². The zero-order valence-electron chi connectivity index (χ0n) is 7.42. The Morgan fingerprint density at radius 3 is 2.77 bits per heavy atom. The third-order valence-corrected chi connectivity index (χ3v) is 2.08. The second-order valence-corrected chi connectivity index (χ2v) is 3.19. The predicted molar refractivity (Wildman–Crippen MR) is 54.6 cm³/mol. The Morgan fingerprint density at radius 1 is 1.31 bits per heavy atom. The summed E-state index contributed by atoms with van der Waals surface area (Å²) in [5.74, 6) is 0.835. The summed E-state index contributed by atoms with van der Waals surface area (Å²) in [6, 6.07) is 7.72. The fraction of sp³-hybridized carbons (Fsp3) is 0.333. The molecule has 0 amide bonds. The van der Waals surface area contributed by atoms with Crippen LogP contribution in [0.25, 0.3) is 0 Å². The molecule has 13 heavy (non-hydrogen) atoms. The van der Waals surface area contributed by atoms with Crippen molar-refractivity contribution < 1.29 is 9.57 Å². The van der Waals surface area contributed by atoms with Gasteiger partial charge in [-0.15, -0.1) is 0 Å². The Balaban J connectivity index is 2.32. The molecule has 1 rings (SSSR count).